The van der Waals surface area contributed by atoms with Crippen molar-refractivity contribution in [3.8, 4) is 5.75 Å². The van der Waals surface area contributed by atoms with Gasteiger partial charge in [0.15, 0.2) is 11.6 Å². The summed E-state index contributed by atoms with van der Waals surface area (Å²) in [5, 5.41) is 1.29. The molecule has 6 nitrogen and oxygen atoms in total. The molecule has 1 aromatic carbocycles. The van der Waals surface area contributed by atoms with Crippen LogP contribution in [0.2, 0.25) is 0 Å². The van der Waals surface area contributed by atoms with Crippen LogP contribution in [0.25, 0.3) is 10.8 Å². The van der Waals surface area contributed by atoms with E-state index in [1.54, 1.807) is 11.6 Å². The molecule has 0 aliphatic heterocycles. The highest BCUT2D eigenvalue weighted by Gasteiger charge is 2.31. The zero-order chi connectivity index (χ0) is 22.1. The molecule has 2 aromatic rings. The Bertz CT molecular complexity index is 989. The topological polar surface area (TPSA) is 60.8 Å². The van der Waals surface area contributed by atoms with E-state index >= 15 is 0 Å². The molecule has 1 fully saturated rings. The van der Waals surface area contributed by atoms with Gasteiger partial charge in [-0.25, -0.2) is 4.79 Å². The highest BCUT2D eigenvalue weighted by atomic mass is 79.9. The third-order valence-corrected chi connectivity index (χ3v) is 5.52. The molecule has 0 saturated heterocycles. The van der Waals surface area contributed by atoms with E-state index in [4.69, 9.17) is 9.47 Å². The zero-order valence-corrected chi connectivity index (χ0v) is 20.0. The molecule has 0 atom stereocenters. The number of hydrogen-bond acceptors (Lipinski definition) is 4. The van der Waals surface area contributed by atoms with Gasteiger partial charge in [0, 0.05) is 23.5 Å². The number of benzene rings is 1. The van der Waals surface area contributed by atoms with E-state index in [0.29, 0.717) is 41.4 Å². The van der Waals surface area contributed by atoms with Gasteiger partial charge in [0.25, 0.3) is 5.56 Å². The van der Waals surface area contributed by atoms with Crippen LogP contribution >= 0.6 is 15.9 Å². The van der Waals surface area contributed by atoms with Crippen LogP contribution < -0.4 is 15.2 Å². The number of amides is 1. The van der Waals surface area contributed by atoms with Crippen LogP contribution in [-0.4, -0.2) is 29.9 Å². The summed E-state index contributed by atoms with van der Waals surface area (Å²) in [5.41, 5.74) is -0.756. The number of unbranched alkanes of at least 4 members (excludes halogenated alkanes) is 1. The van der Waals surface area contributed by atoms with Gasteiger partial charge in [-0.3, -0.25) is 14.3 Å². The Morgan fingerprint density at radius 2 is 1.97 bits per heavy atom. The fourth-order valence-electron chi connectivity index (χ4n) is 3.31. The Kier molecular flexibility index (Phi) is 6.80. The predicted octanol–water partition coefficient (Wildman–Crippen LogP) is 5.72. The average Bonchev–Trinajstić information content (AvgIpc) is 3.47. The first-order chi connectivity index (χ1) is 14.1. The van der Waals surface area contributed by atoms with Crippen molar-refractivity contribution in [1.29, 1.82) is 0 Å². The van der Waals surface area contributed by atoms with Crippen LogP contribution in [0.3, 0.4) is 0 Å². The molecule has 30 heavy (non-hydrogen) atoms. The fraction of sp³-hybridized carbons (Fsp3) is 0.565. The lowest BCUT2D eigenvalue weighted by atomic mass is 10.1. The number of pyridine rings is 1. The molecule has 7 heteroatoms. The summed E-state index contributed by atoms with van der Waals surface area (Å²) in [6.45, 7) is 8.65. The van der Waals surface area contributed by atoms with Gasteiger partial charge in [0.1, 0.15) is 5.60 Å². The normalized spacial score (nSPS) is 14.1. The number of hydrogen-bond donors (Lipinski definition) is 0. The van der Waals surface area contributed by atoms with Crippen molar-refractivity contribution in [2.24, 2.45) is 5.92 Å². The molecule has 1 saturated carbocycles. The minimum atomic E-state index is -0.643. The zero-order valence-electron chi connectivity index (χ0n) is 18.5. The molecule has 1 heterocycles. The molecule has 0 bridgehead atoms. The van der Waals surface area contributed by atoms with E-state index in [1.807, 2.05) is 39.0 Å². The van der Waals surface area contributed by atoms with E-state index in [0.717, 1.165) is 30.2 Å². The summed E-state index contributed by atoms with van der Waals surface area (Å²) < 4.78 is 14.3. The number of nitrogens with zero attached hydrogens (tertiary/aromatic N) is 2. The minimum absolute atomic E-state index is 0.113. The van der Waals surface area contributed by atoms with Crippen molar-refractivity contribution in [2.75, 3.05) is 18.6 Å². The smallest absolute Gasteiger partial charge is 0.415 e. The highest BCUT2D eigenvalue weighted by molar-refractivity contribution is 9.10. The summed E-state index contributed by atoms with van der Waals surface area (Å²) >= 11 is 3.50. The maximum Gasteiger partial charge on any atom is 0.415 e. The number of carbonyl (C=O) groups excluding carboxylic acids is 1. The SMILES string of the molecule is CCCCOc1c(N(C)C(=O)OC(C)(C)C)n(CC2CC2)c(=O)c2ccc(Br)cc12. The van der Waals surface area contributed by atoms with Crippen molar-refractivity contribution < 1.29 is 14.3 Å². The molecule has 0 N–H and O–H groups in total. The number of anilines is 1. The van der Waals surface area contributed by atoms with Gasteiger partial charge < -0.3 is 9.47 Å². The molecule has 1 aromatic heterocycles. The second-order valence-corrected chi connectivity index (χ2v) is 9.86. The van der Waals surface area contributed by atoms with Gasteiger partial charge in [-0.2, -0.15) is 0 Å². The van der Waals surface area contributed by atoms with Crippen LogP contribution in [0.4, 0.5) is 10.6 Å². The second kappa shape index (κ2) is 9.00. The van der Waals surface area contributed by atoms with E-state index in [2.05, 4.69) is 22.9 Å². The maximum absolute atomic E-state index is 13.4. The lowest BCUT2D eigenvalue weighted by molar-refractivity contribution is 0.0585. The van der Waals surface area contributed by atoms with Crippen molar-refractivity contribution >= 4 is 38.6 Å². The summed E-state index contributed by atoms with van der Waals surface area (Å²) in [5.74, 6) is 1.46. The van der Waals surface area contributed by atoms with Gasteiger partial charge >= 0.3 is 6.09 Å². The van der Waals surface area contributed by atoms with E-state index in [9.17, 15) is 9.59 Å². The largest absolute Gasteiger partial charge is 0.489 e. The first-order valence-electron chi connectivity index (χ1n) is 10.6. The standard InChI is InChI=1S/C23H31BrN2O4/c1-6-7-12-29-19-18-13-16(24)10-11-17(18)21(27)26(14-15-8-9-15)20(19)25(5)22(28)30-23(2,3)4/h10-11,13,15H,6-9,12,14H2,1-5H3. The van der Waals surface area contributed by atoms with Gasteiger partial charge in [-0.05, 0) is 64.2 Å². The molecular formula is C23H31BrN2O4. The van der Waals surface area contributed by atoms with Crippen LogP contribution in [0.5, 0.6) is 5.75 Å². The van der Waals surface area contributed by atoms with E-state index < -0.39 is 11.7 Å². The van der Waals surface area contributed by atoms with Crippen molar-refractivity contribution in [3.63, 3.8) is 0 Å². The molecule has 0 radical (unpaired) electrons. The van der Waals surface area contributed by atoms with Crippen LogP contribution in [0.1, 0.15) is 53.4 Å². The Labute approximate surface area is 186 Å². The van der Waals surface area contributed by atoms with Crippen LogP contribution in [-0.2, 0) is 11.3 Å². The Morgan fingerprint density at radius 3 is 2.57 bits per heavy atom. The number of carbonyl (C=O) groups is 1. The molecule has 1 aliphatic carbocycles. The molecular weight excluding hydrogens is 448 g/mol. The Balaban J connectivity index is 2.22. The third kappa shape index (κ3) is 5.17. The molecule has 164 valence electrons. The summed E-state index contributed by atoms with van der Waals surface area (Å²) in [6.07, 6.45) is 3.54. The number of ether oxygens (including phenoxy) is 2. The second-order valence-electron chi connectivity index (χ2n) is 8.94. The van der Waals surface area contributed by atoms with Gasteiger partial charge in [0.05, 0.1) is 12.0 Å². The van der Waals surface area contributed by atoms with E-state index in [-0.39, 0.29) is 5.56 Å². The van der Waals surface area contributed by atoms with Crippen molar-refractivity contribution in [3.05, 3.63) is 33.0 Å². The summed E-state index contributed by atoms with van der Waals surface area (Å²) in [4.78, 5) is 27.8. The quantitative estimate of drug-likeness (QED) is 0.477. The van der Waals surface area contributed by atoms with Crippen molar-refractivity contribution in [2.45, 2.75) is 65.5 Å². The van der Waals surface area contributed by atoms with Crippen molar-refractivity contribution in [1.82, 2.24) is 4.57 Å². The Hall–Kier alpha value is -2.02. The van der Waals surface area contributed by atoms with Gasteiger partial charge in [0.2, 0.25) is 0 Å². The van der Waals surface area contributed by atoms with Gasteiger partial charge in [-0.1, -0.05) is 29.3 Å². The van der Waals surface area contributed by atoms with E-state index in [1.165, 1.54) is 4.90 Å². The molecule has 0 spiro atoms. The minimum Gasteiger partial charge on any atom is -0.489 e. The number of aromatic nitrogens is 1. The first kappa shape index (κ1) is 22.7. The molecule has 1 aliphatic rings. The third-order valence-electron chi connectivity index (χ3n) is 5.03. The lowest BCUT2D eigenvalue weighted by Crippen LogP contribution is -2.38. The van der Waals surface area contributed by atoms with Crippen LogP contribution in [0.15, 0.2) is 27.5 Å². The maximum atomic E-state index is 13.4. The number of halogens is 1. The molecule has 3 rings (SSSR count). The first-order valence-corrected chi connectivity index (χ1v) is 11.4. The highest BCUT2D eigenvalue weighted by Crippen LogP contribution is 2.39. The summed E-state index contributed by atoms with van der Waals surface area (Å²) in [6, 6.07) is 5.55. The summed E-state index contributed by atoms with van der Waals surface area (Å²) in [7, 11) is 1.64. The molecule has 1 amide bonds. The molecule has 0 unspecified atom stereocenters. The van der Waals surface area contributed by atoms with Gasteiger partial charge in [-0.15, -0.1) is 0 Å². The van der Waals surface area contributed by atoms with Crippen LogP contribution in [0, 0.1) is 5.92 Å². The average molecular weight is 479 g/mol. The lowest BCUT2D eigenvalue weighted by Gasteiger charge is -2.28. The monoisotopic (exact) mass is 478 g/mol. The predicted molar refractivity (Wildman–Crippen MR) is 124 cm³/mol. The fourth-order valence-corrected chi connectivity index (χ4v) is 3.68. The Morgan fingerprint density at radius 1 is 1.27 bits per heavy atom. The number of fused-ring (bicyclic) bond motifs is 1. The number of rotatable bonds is 7.